The van der Waals surface area contributed by atoms with Crippen LogP contribution >= 0.6 is 0 Å². The zero-order valence-electron chi connectivity index (χ0n) is 16.2. The topological polar surface area (TPSA) is 73.1 Å². The lowest BCUT2D eigenvalue weighted by Crippen LogP contribution is -2.47. The van der Waals surface area contributed by atoms with Crippen LogP contribution < -0.4 is 4.74 Å². The van der Waals surface area contributed by atoms with Crippen molar-refractivity contribution in [2.24, 2.45) is 5.92 Å². The van der Waals surface area contributed by atoms with Crippen LogP contribution in [0.25, 0.3) is 5.69 Å². The molecule has 3 aromatic rings. The number of ether oxygens (including phenoxy) is 1. The molecule has 3 heterocycles. The molecule has 1 saturated carbocycles. The van der Waals surface area contributed by atoms with Crippen LogP contribution in [0.5, 0.6) is 5.88 Å². The fourth-order valence-corrected chi connectivity index (χ4v) is 4.49. The lowest BCUT2D eigenvalue weighted by Gasteiger charge is -2.33. The normalized spacial score (nSPS) is 22.7. The standard InChI is InChI=1S/C21H18F3N5O2/c22-21(23,24)15-5-3-7-25-19(15)31-18-11-13-10-17(18)28(12-13)20(30)14-4-1-2-6-16(14)29-26-8-9-27-29/h1-9,13,17-18H,10-12H2/t13-,17+,18-/m1/s1. The van der Waals surface area contributed by atoms with E-state index < -0.39 is 23.7 Å². The van der Waals surface area contributed by atoms with Gasteiger partial charge in [0.1, 0.15) is 11.7 Å². The molecular weight excluding hydrogens is 411 g/mol. The first-order valence-electron chi connectivity index (χ1n) is 9.87. The summed E-state index contributed by atoms with van der Waals surface area (Å²) >= 11 is 0. The van der Waals surface area contributed by atoms with Gasteiger partial charge < -0.3 is 9.64 Å². The quantitative estimate of drug-likeness (QED) is 0.636. The van der Waals surface area contributed by atoms with E-state index in [0.29, 0.717) is 30.6 Å². The van der Waals surface area contributed by atoms with Gasteiger partial charge in [-0.25, -0.2) is 4.98 Å². The van der Waals surface area contributed by atoms with Crippen LogP contribution in [0.4, 0.5) is 13.2 Å². The number of rotatable bonds is 4. The molecule has 7 nitrogen and oxygen atoms in total. The SMILES string of the molecule is O=C(c1ccccc1-n1nccn1)N1C[C@H]2C[C@@H](Oc3ncccc3C(F)(F)F)[C@@H]1C2. The van der Waals surface area contributed by atoms with E-state index in [2.05, 4.69) is 15.2 Å². The minimum Gasteiger partial charge on any atom is -0.472 e. The number of benzene rings is 1. The van der Waals surface area contributed by atoms with Crippen LogP contribution in [0, 0.1) is 5.92 Å². The average molecular weight is 429 g/mol. The summed E-state index contributed by atoms with van der Waals surface area (Å²) in [5, 5.41) is 8.21. The van der Waals surface area contributed by atoms with E-state index >= 15 is 0 Å². The summed E-state index contributed by atoms with van der Waals surface area (Å²) < 4.78 is 45.7. The highest BCUT2D eigenvalue weighted by Crippen LogP contribution is 2.42. The first kappa shape index (κ1) is 19.5. The monoisotopic (exact) mass is 429 g/mol. The molecule has 0 N–H and O–H groups in total. The molecule has 1 amide bonds. The summed E-state index contributed by atoms with van der Waals surface area (Å²) in [6, 6.07) is 8.85. The summed E-state index contributed by atoms with van der Waals surface area (Å²) in [6.07, 6.45) is 0.480. The van der Waals surface area contributed by atoms with Gasteiger partial charge in [0.05, 0.1) is 29.7 Å². The number of para-hydroxylation sites is 1. The molecule has 2 aliphatic rings. The largest absolute Gasteiger partial charge is 0.472 e. The first-order valence-corrected chi connectivity index (χ1v) is 9.87. The number of aromatic nitrogens is 4. The Bertz CT molecular complexity index is 1100. The summed E-state index contributed by atoms with van der Waals surface area (Å²) in [5.41, 5.74) is 0.0615. The zero-order chi connectivity index (χ0) is 21.6. The molecule has 5 rings (SSSR count). The molecule has 1 aliphatic heterocycles. The Labute approximate surface area is 175 Å². The maximum absolute atomic E-state index is 13.4. The molecular formula is C21H18F3N5O2. The molecule has 160 valence electrons. The highest BCUT2D eigenvalue weighted by atomic mass is 19.4. The molecule has 3 atom stereocenters. The maximum atomic E-state index is 13.4. The van der Waals surface area contributed by atoms with Gasteiger partial charge in [-0.3, -0.25) is 4.79 Å². The van der Waals surface area contributed by atoms with Crippen molar-refractivity contribution in [3.63, 3.8) is 0 Å². The number of carbonyl (C=O) groups excluding carboxylic acids is 1. The molecule has 0 unspecified atom stereocenters. The second-order valence-corrected chi connectivity index (χ2v) is 7.71. The van der Waals surface area contributed by atoms with Gasteiger partial charge in [-0.05, 0) is 43.0 Å². The Morgan fingerprint density at radius 1 is 1.03 bits per heavy atom. The number of likely N-dealkylation sites (tertiary alicyclic amines) is 1. The summed E-state index contributed by atoms with van der Waals surface area (Å²) in [6.45, 7) is 0.540. The summed E-state index contributed by atoms with van der Waals surface area (Å²) in [5.74, 6) is -0.487. The molecule has 0 radical (unpaired) electrons. The lowest BCUT2D eigenvalue weighted by atomic mass is 10.1. The van der Waals surface area contributed by atoms with Gasteiger partial charge in [-0.1, -0.05) is 12.1 Å². The Morgan fingerprint density at radius 3 is 2.55 bits per heavy atom. The van der Waals surface area contributed by atoms with Crippen LogP contribution in [0.3, 0.4) is 0 Å². The molecule has 1 aliphatic carbocycles. The second-order valence-electron chi connectivity index (χ2n) is 7.71. The van der Waals surface area contributed by atoms with Gasteiger partial charge in [0, 0.05) is 12.7 Å². The number of piperidine rings is 1. The smallest absolute Gasteiger partial charge is 0.421 e. The molecule has 2 bridgehead atoms. The predicted octanol–water partition coefficient (Wildman–Crippen LogP) is 3.36. The number of hydrogen-bond acceptors (Lipinski definition) is 5. The summed E-state index contributed by atoms with van der Waals surface area (Å²) in [4.78, 5) is 20.3. The van der Waals surface area contributed by atoms with Crippen LogP contribution in [-0.4, -0.2) is 49.5 Å². The second kappa shape index (κ2) is 7.36. The van der Waals surface area contributed by atoms with Crippen molar-refractivity contribution in [1.82, 2.24) is 24.9 Å². The fourth-order valence-electron chi connectivity index (χ4n) is 4.49. The highest BCUT2D eigenvalue weighted by Gasteiger charge is 2.49. The van der Waals surface area contributed by atoms with Crippen molar-refractivity contribution in [1.29, 1.82) is 0 Å². The van der Waals surface area contributed by atoms with Gasteiger partial charge in [-0.15, -0.1) is 0 Å². The van der Waals surface area contributed by atoms with Gasteiger partial charge in [0.2, 0.25) is 5.88 Å². The van der Waals surface area contributed by atoms with Gasteiger partial charge in [0.25, 0.3) is 5.91 Å². The number of carbonyl (C=O) groups is 1. The van der Waals surface area contributed by atoms with Crippen molar-refractivity contribution in [2.45, 2.75) is 31.2 Å². The molecule has 2 fully saturated rings. The number of pyridine rings is 1. The van der Waals surface area contributed by atoms with Crippen molar-refractivity contribution in [2.75, 3.05) is 6.54 Å². The van der Waals surface area contributed by atoms with Crippen molar-refractivity contribution >= 4 is 5.91 Å². The molecule has 10 heteroatoms. The van der Waals surface area contributed by atoms with Crippen molar-refractivity contribution < 1.29 is 22.7 Å². The Balaban J connectivity index is 1.40. The number of hydrogen-bond donors (Lipinski definition) is 0. The number of amides is 1. The van der Waals surface area contributed by atoms with E-state index in [1.165, 1.54) is 29.5 Å². The van der Waals surface area contributed by atoms with Gasteiger partial charge in [0.15, 0.2) is 0 Å². The number of alkyl halides is 3. The third-order valence-corrected chi connectivity index (χ3v) is 5.79. The highest BCUT2D eigenvalue weighted by molar-refractivity contribution is 5.98. The molecule has 2 aromatic heterocycles. The minimum atomic E-state index is -4.56. The Kier molecular flexibility index (Phi) is 4.64. The van der Waals surface area contributed by atoms with Gasteiger partial charge >= 0.3 is 6.18 Å². The molecule has 0 spiro atoms. The van der Waals surface area contributed by atoms with Crippen LogP contribution in [-0.2, 0) is 6.18 Å². The average Bonchev–Trinajstić information content (AvgIpc) is 3.50. The summed E-state index contributed by atoms with van der Waals surface area (Å²) in [7, 11) is 0. The van der Waals surface area contributed by atoms with E-state index in [4.69, 9.17) is 4.74 Å². The third kappa shape index (κ3) is 3.51. The van der Waals surface area contributed by atoms with Crippen LogP contribution in [0.15, 0.2) is 55.0 Å². The van der Waals surface area contributed by atoms with E-state index in [0.717, 1.165) is 6.07 Å². The fraction of sp³-hybridized carbons (Fsp3) is 0.333. The Hall–Kier alpha value is -3.43. The first-order chi connectivity index (χ1) is 14.9. The van der Waals surface area contributed by atoms with E-state index in [1.54, 1.807) is 29.2 Å². The number of halogens is 3. The molecule has 31 heavy (non-hydrogen) atoms. The lowest BCUT2D eigenvalue weighted by molar-refractivity contribution is -0.139. The van der Waals surface area contributed by atoms with E-state index in [9.17, 15) is 18.0 Å². The molecule has 1 saturated heterocycles. The Morgan fingerprint density at radius 2 is 1.81 bits per heavy atom. The van der Waals surface area contributed by atoms with Crippen molar-refractivity contribution in [3.8, 4) is 11.6 Å². The van der Waals surface area contributed by atoms with Crippen LogP contribution in [0.1, 0.15) is 28.8 Å². The molecule has 1 aromatic carbocycles. The predicted molar refractivity (Wildman–Crippen MR) is 103 cm³/mol. The van der Waals surface area contributed by atoms with E-state index in [-0.39, 0.29) is 17.9 Å². The van der Waals surface area contributed by atoms with Gasteiger partial charge in [-0.2, -0.15) is 28.2 Å². The number of nitrogens with zero attached hydrogens (tertiary/aromatic N) is 5. The zero-order valence-corrected chi connectivity index (χ0v) is 16.2. The van der Waals surface area contributed by atoms with E-state index in [1.807, 2.05) is 0 Å². The minimum absolute atomic E-state index is 0.173. The van der Waals surface area contributed by atoms with Crippen LogP contribution in [0.2, 0.25) is 0 Å². The number of fused-ring (bicyclic) bond motifs is 2. The maximum Gasteiger partial charge on any atom is 0.421 e. The van der Waals surface area contributed by atoms with Crippen molar-refractivity contribution in [3.05, 3.63) is 66.1 Å². The third-order valence-electron chi connectivity index (χ3n) is 5.79.